The summed E-state index contributed by atoms with van der Waals surface area (Å²) in [6.07, 6.45) is 1.38. The third-order valence-electron chi connectivity index (χ3n) is 5.13. The predicted octanol–water partition coefficient (Wildman–Crippen LogP) is 4.54. The van der Waals surface area contributed by atoms with Crippen LogP contribution < -0.4 is 14.4 Å². The molecule has 170 valence electrons. The summed E-state index contributed by atoms with van der Waals surface area (Å²) in [5, 5.41) is 5.42. The monoisotopic (exact) mass is 474 g/mol. The van der Waals surface area contributed by atoms with Gasteiger partial charge < -0.3 is 10.1 Å². The molecule has 3 aromatic carbocycles. The number of aryl methyl sites for hydroxylation is 1. The van der Waals surface area contributed by atoms with Crippen molar-refractivity contribution in [1.82, 2.24) is 5.32 Å². The van der Waals surface area contributed by atoms with E-state index in [0.717, 1.165) is 26.9 Å². The number of fused-ring (bicyclic) bond motifs is 1. The Labute approximate surface area is 194 Å². The first-order valence-corrected chi connectivity index (χ1v) is 12.6. The summed E-state index contributed by atoms with van der Waals surface area (Å²) in [7, 11) is -3.72. The third kappa shape index (κ3) is 5.72. The van der Waals surface area contributed by atoms with E-state index < -0.39 is 22.0 Å². The largest absolute Gasteiger partial charge is 0.492 e. The lowest BCUT2D eigenvalue weighted by molar-refractivity contribution is -0.122. The molecule has 3 aromatic rings. The van der Waals surface area contributed by atoms with Gasteiger partial charge in [0.2, 0.25) is 15.9 Å². The van der Waals surface area contributed by atoms with Crippen LogP contribution in [0.3, 0.4) is 0 Å². The summed E-state index contributed by atoms with van der Waals surface area (Å²) in [5.74, 6) is 0.314. The maximum absolute atomic E-state index is 12.9. The van der Waals surface area contributed by atoms with Crippen molar-refractivity contribution >= 4 is 44.0 Å². The van der Waals surface area contributed by atoms with Gasteiger partial charge in [-0.25, -0.2) is 8.42 Å². The summed E-state index contributed by atoms with van der Waals surface area (Å²) >= 11 is 6.19. The van der Waals surface area contributed by atoms with Crippen LogP contribution in [-0.2, 0) is 14.8 Å². The zero-order valence-corrected chi connectivity index (χ0v) is 19.9. The molecule has 0 aliphatic heterocycles. The van der Waals surface area contributed by atoms with E-state index in [0.29, 0.717) is 22.9 Å². The Morgan fingerprint density at radius 3 is 2.47 bits per heavy atom. The van der Waals surface area contributed by atoms with Gasteiger partial charge in [-0.1, -0.05) is 54.9 Å². The molecular formula is C24H27ClN2O4S. The number of amides is 1. The number of carbonyl (C=O) groups is 1. The van der Waals surface area contributed by atoms with E-state index in [1.165, 1.54) is 0 Å². The van der Waals surface area contributed by atoms with Crippen molar-refractivity contribution in [2.75, 3.05) is 23.7 Å². The number of ether oxygens (including phenoxy) is 1. The number of anilines is 1. The molecule has 1 atom stereocenters. The van der Waals surface area contributed by atoms with Gasteiger partial charge in [0.25, 0.3) is 0 Å². The lowest BCUT2D eigenvalue weighted by Gasteiger charge is -2.30. The molecular weight excluding hydrogens is 448 g/mol. The molecule has 0 spiro atoms. The minimum Gasteiger partial charge on any atom is -0.492 e. The Balaban J connectivity index is 1.65. The van der Waals surface area contributed by atoms with Crippen LogP contribution in [0, 0.1) is 6.92 Å². The zero-order chi connectivity index (χ0) is 23.3. The normalized spacial score (nSPS) is 12.4. The molecule has 0 heterocycles. The van der Waals surface area contributed by atoms with Crippen LogP contribution in [0.4, 0.5) is 5.69 Å². The molecule has 0 aliphatic rings. The van der Waals surface area contributed by atoms with E-state index in [1.54, 1.807) is 25.1 Å². The molecule has 0 fully saturated rings. The summed E-state index contributed by atoms with van der Waals surface area (Å²) in [6.45, 7) is 4.10. The van der Waals surface area contributed by atoms with E-state index in [9.17, 15) is 13.2 Å². The molecule has 0 bridgehead atoms. The summed E-state index contributed by atoms with van der Waals surface area (Å²) in [6, 6.07) is 17.8. The van der Waals surface area contributed by atoms with E-state index in [4.69, 9.17) is 16.3 Å². The Kier molecular flexibility index (Phi) is 7.64. The Hall–Kier alpha value is -2.77. The number of hydrogen-bond donors (Lipinski definition) is 1. The Morgan fingerprint density at radius 1 is 1.09 bits per heavy atom. The molecule has 1 unspecified atom stereocenters. The van der Waals surface area contributed by atoms with Crippen LogP contribution >= 0.6 is 11.6 Å². The predicted molar refractivity (Wildman–Crippen MR) is 130 cm³/mol. The van der Waals surface area contributed by atoms with Crippen LogP contribution in [0.5, 0.6) is 5.75 Å². The number of nitrogens with one attached hydrogen (secondary N) is 1. The summed E-state index contributed by atoms with van der Waals surface area (Å²) in [4.78, 5) is 12.9. The second-order valence-corrected chi connectivity index (χ2v) is 9.83. The topological polar surface area (TPSA) is 75.7 Å². The number of benzene rings is 3. The fourth-order valence-electron chi connectivity index (χ4n) is 3.50. The molecule has 0 saturated heterocycles. The van der Waals surface area contributed by atoms with Gasteiger partial charge in [-0.05, 0) is 53.9 Å². The highest BCUT2D eigenvalue weighted by atomic mass is 35.5. The number of nitrogens with zero attached hydrogens (tertiary/aromatic N) is 1. The number of sulfonamides is 1. The number of halogens is 1. The molecule has 0 aliphatic carbocycles. The molecule has 0 radical (unpaired) electrons. The van der Waals surface area contributed by atoms with Crippen molar-refractivity contribution in [1.29, 1.82) is 0 Å². The smallest absolute Gasteiger partial charge is 0.244 e. The number of carbonyl (C=O) groups excluding carboxylic acids is 1. The van der Waals surface area contributed by atoms with E-state index in [-0.39, 0.29) is 13.2 Å². The molecule has 3 rings (SSSR count). The maximum Gasteiger partial charge on any atom is 0.244 e. The van der Waals surface area contributed by atoms with Gasteiger partial charge in [0.05, 0.1) is 18.5 Å². The molecule has 1 amide bonds. The first-order chi connectivity index (χ1) is 15.2. The highest BCUT2D eigenvalue weighted by Crippen LogP contribution is 2.27. The van der Waals surface area contributed by atoms with E-state index in [2.05, 4.69) is 5.32 Å². The second kappa shape index (κ2) is 10.2. The Morgan fingerprint density at radius 2 is 1.81 bits per heavy atom. The molecule has 32 heavy (non-hydrogen) atoms. The van der Waals surface area contributed by atoms with Crippen molar-refractivity contribution in [3.05, 3.63) is 71.2 Å². The van der Waals surface area contributed by atoms with Crippen LogP contribution in [0.2, 0.25) is 5.02 Å². The lowest BCUT2D eigenvalue weighted by atomic mass is 10.1. The number of rotatable bonds is 9. The SMILES string of the molecule is CCC(C(=O)NCCOc1ccc2ccccc2c1)N(c1ccc(C)c(Cl)c1)S(C)(=O)=O. The van der Waals surface area contributed by atoms with Crippen molar-refractivity contribution in [3.63, 3.8) is 0 Å². The highest BCUT2D eigenvalue weighted by molar-refractivity contribution is 7.92. The average molecular weight is 475 g/mol. The van der Waals surface area contributed by atoms with Crippen molar-refractivity contribution in [2.45, 2.75) is 26.3 Å². The first-order valence-electron chi connectivity index (χ1n) is 10.4. The lowest BCUT2D eigenvalue weighted by Crippen LogP contribution is -2.50. The van der Waals surface area contributed by atoms with Gasteiger partial charge in [-0.2, -0.15) is 0 Å². The van der Waals surface area contributed by atoms with Crippen LogP contribution in [0.25, 0.3) is 10.8 Å². The average Bonchev–Trinajstić information content (AvgIpc) is 2.76. The standard InChI is InChI=1S/C24H27ClN2O4S/c1-4-23(27(32(3,29)30)20-11-9-17(2)22(25)16-20)24(28)26-13-14-31-21-12-10-18-7-5-6-8-19(18)15-21/h5-12,15-16,23H,4,13-14H2,1-3H3,(H,26,28). The van der Waals surface area contributed by atoms with Gasteiger partial charge in [0, 0.05) is 5.02 Å². The zero-order valence-electron chi connectivity index (χ0n) is 18.3. The number of hydrogen-bond acceptors (Lipinski definition) is 4. The van der Waals surface area contributed by atoms with Crippen molar-refractivity contribution < 1.29 is 17.9 Å². The van der Waals surface area contributed by atoms with E-state index in [1.807, 2.05) is 49.4 Å². The van der Waals surface area contributed by atoms with Gasteiger partial charge in [0.1, 0.15) is 18.4 Å². The Bertz CT molecular complexity index is 1210. The second-order valence-electron chi connectivity index (χ2n) is 7.56. The van der Waals surface area contributed by atoms with Crippen LogP contribution in [0.1, 0.15) is 18.9 Å². The van der Waals surface area contributed by atoms with E-state index >= 15 is 0 Å². The fourth-order valence-corrected chi connectivity index (χ4v) is 4.88. The minimum absolute atomic E-state index is 0.244. The molecule has 8 heteroatoms. The van der Waals surface area contributed by atoms with Gasteiger partial charge in [-0.3, -0.25) is 9.10 Å². The fraction of sp³-hybridized carbons (Fsp3) is 0.292. The van der Waals surface area contributed by atoms with Crippen LogP contribution in [0.15, 0.2) is 60.7 Å². The molecule has 0 aromatic heterocycles. The molecule has 0 saturated carbocycles. The van der Waals surface area contributed by atoms with Crippen molar-refractivity contribution in [2.24, 2.45) is 0 Å². The van der Waals surface area contributed by atoms with Crippen molar-refractivity contribution in [3.8, 4) is 5.75 Å². The van der Waals surface area contributed by atoms with Crippen LogP contribution in [-0.4, -0.2) is 39.8 Å². The van der Waals surface area contributed by atoms with Gasteiger partial charge in [-0.15, -0.1) is 0 Å². The maximum atomic E-state index is 12.9. The molecule has 1 N–H and O–H groups in total. The third-order valence-corrected chi connectivity index (χ3v) is 6.72. The molecule has 6 nitrogen and oxygen atoms in total. The summed E-state index contributed by atoms with van der Waals surface area (Å²) < 4.78 is 31.9. The summed E-state index contributed by atoms with van der Waals surface area (Å²) in [5.41, 5.74) is 1.18. The highest BCUT2D eigenvalue weighted by Gasteiger charge is 2.31. The first kappa shape index (κ1) is 23.9. The minimum atomic E-state index is -3.72. The quantitative estimate of drug-likeness (QED) is 0.462. The van der Waals surface area contributed by atoms with Gasteiger partial charge >= 0.3 is 0 Å². The van der Waals surface area contributed by atoms with Gasteiger partial charge in [0.15, 0.2) is 0 Å².